The van der Waals surface area contributed by atoms with Crippen LogP contribution in [0.15, 0.2) is 0 Å². The number of hydrogen-bond acceptors (Lipinski definition) is 5. The van der Waals surface area contributed by atoms with Crippen molar-refractivity contribution in [1.29, 1.82) is 0 Å². The van der Waals surface area contributed by atoms with E-state index in [1.807, 2.05) is 27.7 Å². The van der Waals surface area contributed by atoms with Gasteiger partial charge in [0.1, 0.15) is 11.6 Å². The first-order valence-corrected chi connectivity index (χ1v) is 4.08. The highest BCUT2D eigenvalue weighted by molar-refractivity contribution is 4.96. The van der Waals surface area contributed by atoms with Gasteiger partial charge in [-0.25, -0.2) is 0 Å². The quantitative estimate of drug-likeness (QED) is 0.316. The van der Waals surface area contributed by atoms with E-state index in [1.165, 1.54) is 0 Å². The summed E-state index contributed by atoms with van der Waals surface area (Å²) >= 11 is 0. The molecule has 1 aliphatic rings. The van der Waals surface area contributed by atoms with Gasteiger partial charge < -0.3 is 11.5 Å². The molecule has 7 N–H and O–H groups in total. The zero-order valence-corrected chi connectivity index (χ0v) is 8.15. The molecule has 1 saturated heterocycles. The van der Waals surface area contributed by atoms with Crippen molar-refractivity contribution >= 4 is 0 Å². The van der Waals surface area contributed by atoms with E-state index < -0.39 is 11.6 Å². The zero-order chi connectivity index (χ0) is 9.62. The minimum Gasteiger partial charge on any atom is -0.301 e. The lowest BCUT2D eigenvalue weighted by molar-refractivity contribution is 0.0306. The highest BCUT2D eigenvalue weighted by Gasteiger charge is 2.41. The van der Waals surface area contributed by atoms with Gasteiger partial charge in [0.05, 0.1) is 5.66 Å². The number of rotatable bonds is 0. The van der Waals surface area contributed by atoms with Crippen LogP contribution in [-0.2, 0) is 0 Å². The van der Waals surface area contributed by atoms with Gasteiger partial charge in [-0.2, -0.15) is 0 Å². The van der Waals surface area contributed by atoms with Crippen LogP contribution in [0.5, 0.6) is 0 Å². The summed E-state index contributed by atoms with van der Waals surface area (Å²) in [6, 6.07) is 0. The van der Waals surface area contributed by atoms with Gasteiger partial charge in [0, 0.05) is 0 Å². The summed E-state index contributed by atoms with van der Waals surface area (Å²) in [6.07, 6.45) is 0. The third-order valence-electron chi connectivity index (χ3n) is 1.66. The van der Waals surface area contributed by atoms with Gasteiger partial charge in [0.25, 0.3) is 0 Å². The van der Waals surface area contributed by atoms with E-state index in [1.54, 1.807) is 0 Å². The summed E-state index contributed by atoms with van der Waals surface area (Å²) in [7, 11) is 0. The lowest BCUT2D eigenvalue weighted by Gasteiger charge is -2.51. The largest absolute Gasteiger partial charge is 0.301 e. The molecule has 0 saturated carbocycles. The van der Waals surface area contributed by atoms with E-state index in [9.17, 15) is 0 Å². The summed E-state index contributed by atoms with van der Waals surface area (Å²) in [5.74, 6) is -1.28. The van der Waals surface area contributed by atoms with Gasteiger partial charge in [-0.1, -0.05) is 0 Å². The Morgan fingerprint density at radius 3 is 1.33 bits per heavy atom. The molecular weight excluding hydrogens is 154 g/mol. The van der Waals surface area contributed by atoms with E-state index in [4.69, 9.17) is 11.5 Å². The lowest BCUT2D eigenvalue weighted by Crippen LogP contribution is -2.87. The summed E-state index contributed by atoms with van der Waals surface area (Å²) < 4.78 is 0. The molecule has 5 nitrogen and oxygen atoms in total. The van der Waals surface area contributed by atoms with E-state index in [0.29, 0.717) is 0 Å². The van der Waals surface area contributed by atoms with Gasteiger partial charge in [-0.15, -0.1) is 0 Å². The number of hydrogen-bond donors (Lipinski definition) is 5. The average Bonchev–Trinajstić information content (AvgIpc) is 1.44. The van der Waals surface area contributed by atoms with Crippen molar-refractivity contribution in [3.8, 4) is 0 Å². The highest BCUT2D eigenvalue weighted by atomic mass is 15.5. The molecule has 0 aliphatic carbocycles. The fourth-order valence-corrected chi connectivity index (χ4v) is 1.93. The second kappa shape index (κ2) is 2.40. The van der Waals surface area contributed by atoms with Crippen LogP contribution in [0.1, 0.15) is 27.7 Å². The molecule has 72 valence electrons. The van der Waals surface area contributed by atoms with E-state index in [-0.39, 0.29) is 5.66 Å². The first kappa shape index (κ1) is 9.88. The molecule has 2 atom stereocenters. The molecular formula is C7H19N5. The maximum Gasteiger partial charge on any atom is 0.121 e. The topological polar surface area (TPSA) is 88.1 Å². The maximum absolute atomic E-state index is 5.89. The zero-order valence-electron chi connectivity index (χ0n) is 8.15. The Labute approximate surface area is 73.3 Å². The number of nitrogens with two attached hydrogens (primary N) is 2. The fourth-order valence-electron chi connectivity index (χ4n) is 1.93. The predicted octanol–water partition coefficient (Wildman–Crippen LogP) is -1.23. The SMILES string of the molecule is CC1(C)NC(C)(N)NC(C)(N)N1. The molecule has 0 aromatic rings. The van der Waals surface area contributed by atoms with Crippen LogP contribution in [0.4, 0.5) is 0 Å². The smallest absolute Gasteiger partial charge is 0.121 e. The lowest BCUT2D eigenvalue weighted by atomic mass is 10.1. The van der Waals surface area contributed by atoms with Crippen molar-refractivity contribution in [3.63, 3.8) is 0 Å². The first-order chi connectivity index (χ1) is 5.12. The van der Waals surface area contributed by atoms with Crippen molar-refractivity contribution in [2.24, 2.45) is 11.5 Å². The summed E-state index contributed by atoms with van der Waals surface area (Å²) in [4.78, 5) is 0. The minimum absolute atomic E-state index is 0.266. The Kier molecular flexibility index (Phi) is 1.97. The number of nitrogens with one attached hydrogen (secondary N) is 3. The van der Waals surface area contributed by atoms with Gasteiger partial charge in [0.15, 0.2) is 0 Å². The third kappa shape index (κ3) is 2.40. The fraction of sp³-hybridized carbons (Fsp3) is 1.00. The van der Waals surface area contributed by atoms with Gasteiger partial charge in [-0.05, 0) is 27.7 Å². The molecule has 0 spiro atoms. The van der Waals surface area contributed by atoms with Crippen molar-refractivity contribution in [1.82, 2.24) is 16.0 Å². The summed E-state index contributed by atoms with van der Waals surface area (Å²) in [5, 5.41) is 9.35. The maximum atomic E-state index is 5.89. The van der Waals surface area contributed by atoms with Gasteiger partial charge in [0.2, 0.25) is 0 Å². The molecule has 1 rings (SSSR count). The van der Waals surface area contributed by atoms with Crippen molar-refractivity contribution < 1.29 is 0 Å². The molecule has 2 unspecified atom stereocenters. The molecule has 5 heteroatoms. The van der Waals surface area contributed by atoms with Crippen LogP contribution < -0.4 is 27.4 Å². The summed E-state index contributed by atoms with van der Waals surface area (Å²) in [5.41, 5.74) is 11.5. The first-order valence-electron chi connectivity index (χ1n) is 4.08. The van der Waals surface area contributed by atoms with Crippen molar-refractivity contribution in [3.05, 3.63) is 0 Å². The monoisotopic (exact) mass is 173 g/mol. The van der Waals surface area contributed by atoms with E-state index in [0.717, 1.165) is 0 Å². The van der Waals surface area contributed by atoms with E-state index in [2.05, 4.69) is 16.0 Å². The normalized spacial score (nSPS) is 47.5. The Hall–Kier alpha value is -0.200. The predicted molar refractivity (Wildman–Crippen MR) is 48.7 cm³/mol. The highest BCUT2D eigenvalue weighted by Crippen LogP contribution is 2.12. The Morgan fingerprint density at radius 2 is 1.08 bits per heavy atom. The standard InChI is InChI=1S/C7H19N5/c1-5(2)10-6(3,8)12-7(4,9)11-5/h10-12H,8-9H2,1-4H3. The molecule has 1 heterocycles. The van der Waals surface area contributed by atoms with Crippen LogP contribution in [0, 0.1) is 0 Å². The third-order valence-corrected chi connectivity index (χ3v) is 1.66. The van der Waals surface area contributed by atoms with Crippen LogP contribution in [0.2, 0.25) is 0 Å². The molecule has 0 aromatic heterocycles. The van der Waals surface area contributed by atoms with Crippen LogP contribution in [0.3, 0.4) is 0 Å². The van der Waals surface area contributed by atoms with Crippen molar-refractivity contribution in [2.45, 2.75) is 44.9 Å². The molecule has 1 aliphatic heterocycles. The average molecular weight is 173 g/mol. The summed E-state index contributed by atoms with van der Waals surface area (Å²) in [6.45, 7) is 7.68. The molecule has 0 radical (unpaired) electrons. The Bertz CT molecular complexity index is 139. The Balaban J connectivity index is 2.81. The second-order valence-electron chi connectivity index (χ2n) is 4.40. The Morgan fingerprint density at radius 1 is 0.750 bits per heavy atom. The van der Waals surface area contributed by atoms with Gasteiger partial charge in [-0.3, -0.25) is 16.0 Å². The molecule has 0 amide bonds. The van der Waals surface area contributed by atoms with E-state index >= 15 is 0 Å². The molecule has 0 aromatic carbocycles. The van der Waals surface area contributed by atoms with Crippen LogP contribution in [0.25, 0.3) is 0 Å². The molecule has 12 heavy (non-hydrogen) atoms. The second-order valence-corrected chi connectivity index (χ2v) is 4.40. The van der Waals surface area contributed by atoms with Crippen LogP contribution in [-0.4, -0.2) is 17.2 Å². The van der Waals surface area contributed by atoms with Crippen LogP contribution >= 0.6 is 0 Å². The van der Waals surface area contributed by atoms with Gasteiger partial charge >= 0.3 is 0 Å². The van der Waals surface area contributed by atoms with Crippen molar-refractivity contribution in [2.75, 3.05) is 0 Å². The molecule has 1 fully saturated rings. The minimum atomic E-state index is -0.641. The molecule has 0 bridgehead atoms.